The van der Waals surface area contributed by atoms with Crippen molar-refractivity contribution < 1.29 is 0 Å². The van der Waals surface area contributed by atoms with Crippen LogP contribution < -0.4 is 11.0 Å². The highest BCUT2D eigenvalue weighted by molar-refractivity contribution is 7.99. The number of H-pyrrole nitrogens is 1. The van der Waals surface area contributed by atoms with Crippen LogP contribution in [-0.2, 0) is 7.05 Å². The molecule has 7 heteroatoms. The van der Waals surface area contributed by atoms with E-state index in [1.807, 2.05) is 6.92 Å². The van der Waals surface area contributed by atoms with E-state index in [-0.39, 0.29) is 11.2 Å². The van der Waals surface area contributed by atoms with Crippen LogP contribution in [0, 0.1) is 17.2 Å². The Labute approximate surface area is 122 Å². The second-order valence-corrected chi connectivity index (χ2v) is 6.27. The maximum absolute atomic E-state index is 11.3. The Morgan fingerprint density at radius 2 is 2.50 bits per heavy atom. The first-order valence-electron chi connectivity index (χ1n) is 7.03. The quantitative estimate of drug-likeness (QED) is 0.772. The number of nitrogens with one attached hydrogen (secondary N) is 2. The van der Waals surface area contributed by atoms with Gasteiger partial charge in [0, 0.05) is 12.8 Å². The molecule has 1 aromatic heterocycles. The minimum atomic E-state index is -0.354. The normalized spacial score (nSPS) is 25.8. The van der Waals surface area contributed by atoms with Gasteiger partial charge in [-0.05, 0) is 31.7 Å². The van der Waals surface area contributed by atoms with Gasteiger partial charge in [-0.15, -0.1) is 5.10 Å². The van der Waals surface area contributed by atoms with Gasteiger partial charge in [0.05, 0.1) is 6.07 Å². The standard InChI is InChI=1S/C13H21N5OS/c1-3-15-13(9-14)7-4-5-10(13)6-8-20-12-17-16-11(19)18(12)2/h10,15H,3-8H2,1-2H3,(H,16,19). The lowest BCUT2D eigenvalue weighted by molar-refractivity contribution is 0.317. The first-order valence-corrected chi connectivity index (χ1v) is 8.02. The largest absolute Gasteiger partial charge is 0.343 e. The molecule has 1 fully saturated rings. The van der Waals surface area contributed by atoms with Crippen molar-refractivity contribution in [1.29, 1.82) is 5.26 Å². The summed E-state index contributed by atoms with van der Waals surface area (Å²) in [6, 6.07) is 2.50. The maximum Gasteiger partial charge on any atom is 0.343 e. The second kappa shape index (κ2) is 6.46. The van der Waals surface area contributed by atoms with Crippen LogP contribution in [0.2, 0.25) is 0 Å². The first-order chi connectivity index (χ1) is 9.63. The molecule has 0 spiro atoms. The second-order valence-electron chi connectivity index (χ2n) is 5.21. The molecule has 20 heavy (non-hydrogen) atoms. The van der Waals surface area contributed by atoms with Gasteiger partial charge in [-0.1, -0.05) is 25.1 Å². The fourth-order valence-corrected chi connectivity index (χ4v) is 3.93. The van der Waals surface area contributed by atoms with Gasteiger partial charge in [-0.2, -0.15) is 5.26 Å². The Balaban J connectivity index is 1.92. The molecule has 1 aliphatic carbocycles. The van der Waals surface area contributed by atoms with E-state index in [2.05, 4.69) is 21.6 Å². The van der Waals surface area contributed by atoms with E-state index in [9.17, 15) is 10.1 Å². The monoisotopic (exact) mass is 295 g/mol. The smallest absolute Gasteiger partial charge is 0.299 e. The van der Waals surface area contributed by atoms with Crippen molar-refractivity contribution >= 4 is 11.8 Å². The van der Waals surface area contributed by atoms with Gasteiger partial charge in [0.15, 0.2) is 5.16 Å². The summed E-state index contributed by atoms with van der Waals surface area (Å²) < 4.78 is 1.52. The number of rotatable bonds is 6. The lowest BCUT2D eigenvalue weighted by atomic mass is 9.86. The summed E-state index contributed by atoms with van der Waals surface area (Å²) in [4.78, 5) is 11.3. The summed E-state index contributed by atoms with van der Waals surface area (Å²) in [5, 5.41) is 20.0. The highest BCUT2D eigenvalue weighted by Crippen LogP contribution is 2.38. The Hall–Kier alpha value is -1.26. The van der Waals surface area contributed by atoms with Gasteiger partial charge >= 0.3 is 5.69 Å². The molecule has 1 aromatic rings. The highest BCUT2D eigenvalue weighted by atomic mass is 32.2. The minimum Gasteiger partial charge on any atom is -0.299 e. The predicted molar refractivity (Wildman–Crippen MR) is 78.5 cm³/mol. The number of nitriles is 1. The summed E-state index contributed by atoms with van der Waals surface area (Å²) >= 11 is 1.57. The predicted octanol–water partition coefficient (Wildman–Crippen LogP) is 1.26. The maximum atomic E-state index is 11.3. The summed E-state index contributed by atoms with van der Waals surface area (Å²) in [5.41, 5.74) is -0.542. The van der Waals surface area contributed by atoms with E-state index in [1.165, 1.54) is 4.57 Å². The molecule has 0 radical (unpaired) electrons. The van der Waals surface area contributed by atoms with Gasteiger partial charge in [0.2, 0.25) is 0 Å². The zero-order valence-corrected chi connectivity index (χ0v) is 12.8. The van der Waals surface area contributed by atoms with Crippen molar-refractivity contribution in [2.45, 2.75) is 43.3 Å². The molecule has 0 aromatic carbocycles. The third kappa shape index (κ3) is 2.91. The molecule has 0 bridgehead atoms. The number of aromatic amines is 1. The van der Waals surface area contributed by atoms with E-state index >= 15 is 0 Å². The van der Waals surface area contributed by atoms with Crippen LogP contribution in [0.4, 0.5) is 0 Å². The lowest BCUT2D eigenvalue weighted by Crippen LogP contribution is -2.47. The lowest BCUT2D eigenvalue weighted by Gasteiger charge is -2.29. The first kappa shape index (κ1) is 15.1. The number of hydrogen-bond acceptors (Lipinski definition) is 5. The van der Waals surface area contributed by atoms with Crippen molar-refractivity contribution in [3.8, 4) is 6.07 Å². The van der Waals surface area contributed by atoms with Crippen LogP contribution in [0.3, 0.4) is 0 Å². The molecule has 6 nitrogen and oxygen atoms in total. The van der Waals surface area contributed by atoms with E-state index in [4.69, 9.17) is 0 Å². The molecule has 1 saturated carbocycles. The average Bonchev–Trinajstić information content (AvgIpc) is 2.98. The molecular weight excluding hydrogens is 274 g/mol. The summed E-state index contributed by atoms with van der Waals surface area (Å²) in [7, 11) is 1.71. The fourth-order valence-electron chi connectivity index (χ4n) is 2.96. The van der Waals surface area contributed by atoms with Gasteiger partial charge in [-0.3, -0.25) is 9.88 Å². The molecule has 0 saturated heterocycles. The molecule has 2 rings (SSSR count). The molecule has 2 unspecified atom stereocenters. The number of nitrogens with zero attached hydrogens (tertiary/aromatic N) is 3. The van der Waals surface area contributed by atoms with Gasteiger partial charge in [0.1, 0.15) is 5.54 Å². The van der Waals surface area contributed by atoms with E-state index in [0.29, 0.717) is 11.1 Å². The van der Waals surface area contributed by atoms with Crippen LogP contribution in [0.5, 0.6) is 0 Å². The SMILES string of the molecule is CCNC1(C#N)CCCC1CCSc1n[nH]c(=O)n1C. The van der Waals surface area contributed by atoms with Crippen molar-refractivity contribution in [2.75, 3.05) is 12.3 Å². The Morgan fingerprint density at radius 3 is 3.10 bits per heavy atom. The molecule has 0 aliphatic heterocycles. The highest BCUT2D eigenvalue weighted by Gasteiger charge is 2.42. The third-order valence-corrected chi connectivity index (χ3v) is 5.11. The zero-order valence-electron chi connectivity index (χ0n) is 12.0. The van der Waals surface area contributed by atoms with Crippen LogP contribution in [0.25, 0.3) is 0 Å². The topological polar surface area (TPSA) is 86.5 Å². The van der Waals surface area contributed by atoms with Gasteiger partial charge < -0.3 is 0 Å². The fraction of sp³-hybridized carbons (Fsp3) is 0.769. The van der Waals surface area contributed by atoms with Crippen molar-refractivity contribution in [3.05, 3.63) is 10.5 Å². The summed E-state index contributed by atoms with van der Waals surface area (Å²) in [6.07, 6.45) is 4.11. The molecule has 110 valence electrons. The van der Waals surface area contributed by atoms with E-state index in [0.717, 1.165) is 38.0 Å². The molecule has 0 amide bonds. The van der Waals surface area contributed by atoms with Gasteiger partial charge in [-0.25, -0.2) is 9.89 Å². The van der Waals surface area contributed by atoms with Crippen LogP contribution >= 0.6 is 11.8 Å². The van der Waals surface area contributed by atoms with Crippen LogP contribution in [-0.4, -0.2) is 32.6 Å². The molecule has 2 N–H and O–H groups in total. The Morgan fingerprint density at radius 1 is 1.70 bits per heavy atom. The number of thioether (sulfide) groups is 1. The van der Waals surface area contributed by atoms with Gasteiger partial charge in [0.25, 0.3) is 0 Å². The Bertz CT molecular complexity index is 546. The van der Waals surface area contributed by atoms with E-state index < -0.39 is 0 Å². The Kier molecular flexibility index (Phi) is 4.89. The molecular formula is C13H21N5OS. The molecule has 1 heterocycles. The number of hydrogen-bond donors (Lipinski definition) is 2. The third-order valence-electron chi connectivity index (χ3n) is 4.05. The molecule has 2 atom stereocenters. The molecule has 1 aliphatic rings. The zero-order chi connectivity index (χ0) is 14.6. The number of aromatic nitrogens is 3. The van der Waals surface area contributed by atoms with E-state index in [1.54, 1.807) is 18.8 Å². The minimum absolute atomic E-state index is 0.188. The van der Waals surface area contributed by atoms with Crippen molar-refractivity contribution in [1.82, 2.24) is 20.1 Å². The van der Waals surface area contributed by atoms with Crippen molar-refractivity contribution in [2.24, 2.45) is 13.0 Å². The van der Waals surface area contributed by atoms with Crippen LogP contribution in [0.1, 0.15) is 32.6 Å². The summed E-state index contributed by atoms with van der Waals surface area (Å²) in [6.45, 7) is 2.87. The van der Waals surface area contributed by atoms with Crippen molar-refractivity contribution in [3.63, 3.8) is 0 Å². The average molecular weight is 295 g/mol. The van der Waals surface area contributed by atoms with Crippen LogP contribution in [0.15, 0.2) is 9.95 Å². The summed E-state index contributed by atoms with van der Waals surface area (Å²) in [5.74, 6) is 1.26.